The average molecular weight is 315 g/mol. The number of hydrogen-bond donors (Lipinski definition) is 0. The molecular formula is C12H15BrN2OS. The summed E-state index contributed by atoms with van der Waals surface area (Å²) in [5.74, 6) is 0.0384. The molecule has 0 aromatic carbocycles. The number of carbonyl (C=O) groups excluding carboxylic acids is 1. The maximum atomic E-state index is 12.2. The highest BCUT2D eigenvalue weighted by molar-refractivity contribution is 9.10. The fourth-order valence-corrected chi connectivity index (χ4v) is 3.57. The van der Waals surface area contributed by atoms with Gasteiger partial charge in [-0.25, -0.2) is 4.98 Å². The van der Waals surface area contributed by atoms with E-state index < -0.39 is 0 Å². The van der Waals surface area contributed by atoms with Gasteiger partial charge in [0.25, 0.3) is 5.91 Å². The van der Waals surface area contributed by atoms with Crippen LogP contribution >= 0.6 is 27.7 Å². The van der Waals surface area contributed by atoms with Crippen molar-refractivity contribution in [2.24, 2.45) is 0 Å². The number of hydrogen-bond acceptors (Lipinski definition) is 3. The lowest BCUT2D eigenvalue weighted by Gasteiger charge is -2.34. The van der Waals surface area contributed by atoms with Crippen molar-refractivity contribution in [3.8, 4) is 0 Å². The summed E-state index contributed by atoms with van der Waals surface area (Å²) in [5.41, 5.74) is 0.527. The molecule has 1 fully saturated rings. The molecule has 1 aliphatic heterocycles. The van der Waals surface area contributed by atoms with Gasteiger partial charge in [-0.1, -0.05) is 13.8 Å². The Bertz CT molecular complexity index is 399. The summed E-state index contributed by atoms with van der Waals surface area (Å²) >= 11 is 5.26. The zero-order valence-corrected chi connectivity index (χ0v) is 12.3. The number of halogens is 1. The standard InChI is InChI=1S/C12H15BrN2OS/c1-8-6-15(7-9(2)17-8)12(16)11-4-3-10(13)5-14-11/h3-5,8-9H,6-7H2,1-2H3. The van der Waals surface area contributed by atoms with E-state index in [1.54, 1.807) is 12.3 Å². The number of pyridine rings is 1. The van der Waals surface area contributed by atoms with Crippen LogP contribution in [-0.2, 0) is 0 Å². The fraction of sp³-hybridized carbons (Fsp3) is 0.500. The van der Waals surface area contributed by atoms with Gasteiger partial charge in [0.1, 0.15) is 5.69 Å². The summed E-state index contributed by atoms with van der Waals surface area (Å²) in [6.07, 6.45) is 1.67. The van der Waals surface area contributed by atoms with E-state index in [2.05, 4.69) is 34.8 Å². The molecule has 1 saturated heterocycles. The van der Waals surface area contributed by atoms with Crippen molar-refractivity contribution in [2.75, 3.05) is 13.1 Å². The van der Waals surface area contributed by atoms with E-state index in [1.165, 1.54) is 0 Å². The van der Waals surface area contributed by atoms with Gasteiger partial charge in [0.15, 0.2) is 0 Å². The van der Waals surface area contributed by atoms with Gasteiger partial charge < -0.3 is 4.90 Å². The Morgan fingerprint density at radius 2 is 2.06 bits per heavy atom. The van der Waals surface area contributed by atoms with Crippen LogP contribution in [0.3, 0.4) is 0 Å². The Labute approximate surface area is 114 Å². The van der Waals surface area contributed by atoms with E-state index in [1.807, 2.05) is 22.7 Å². The second kappa shape index (κ2) is 5.40. The first kappa shape index (κ1) is 12.9. The van der Waals surface area contributed by atoms with E-state index in [0.29, 0.717) is 16.2 Å². The summed E-state index contributed by atoms with van der Waals surface area (Å²) in [6.45, 7) is 5.95. The minimum atomic E-state index is 0.0384. The van der Waals surface area contributed by atoms with Crippen LogP contribution in [0.4, 0.5) is 0 Å². The minimum absolute atomic E-state index is 0.0384. The van der Waals surface area contributed by atoms with Gasteiger partial charge in [0.2, 0.25) is 0 Å². The SMILES string of the molecule is CC1CN(C(=O)c2ccc(Br)cn2)CC(C)S1. The van der Waals surface area contributed by atoms with Gasteiger partial charge in [0, 0.05) is 34.3 Å². The summed E-state index contributed by atoms with van der Waals surface area (Å²) in [4.78, 5) is 18.3. The van der Waals surface area contributed by atoms with Gasteiger partial charge in [-0.15, -0.1) is 0 Å². The molecule has 0 N–H and O–H groups in total. The van der Waals surface area contributed by atoms with Crippen molar-refractivity contribution in [3.05, 3.63) is 28.5 Å². The average Bonchev–Trinajstić information content (AvgIpc) is 2.28. The quantitative estimate of drug-likeness (QED) is 0.799. The van der Waals surface area contributed by atoms with E-state index >= 15 is 0 Å². The summed E-state index contributed by atoms with van der Waals surface area (Å²) in [7, 11) is 0. The van der Waals surface area contributed by atoms with Crippen molar-refractivity contribution < 1.29 is 4.79 Å². The molecule has 0 aliphatic carbocycles. The third-order valence-electron chi connectivity index (χ3n) is 2.65. The van der Waals surface area contributed by atoms with Gasteiger partial charge in [-0.05, 0) is 28.1 Å². The molecule has 5 heteroatoms. The first-order valence-electron chi connectivity index (χ1n) is 5.62. The lowest BCUT2D eigenvalue weighted by Crippen LogP contribution is -2.44. The van der Waals surface area contributed by atoms with E-state index in [-0.39, 0.29) is 5.91 Å². The van der Waals surface area contributed by atoms with Crippen molar-refractivity contribution in [3.63, 3.8) is 0 Å². The highest BCUT2D eigenvalue weighted by Crippen LogP contribution is 2.25. The first-order chi connectivity index (χ1) is 8.06. The molecule has 1 aromatic heterocycles. The number of rotatable bonds is 1. The molecule has 2 unspecified atom stereocenters. The highest BCUT2D eigenvalue weighted by atomic mass is 79.9. The van der Waals surface area contributed by atoms with Crippen LogP contribution in [-0.4, -0.2) is 39.4 Å². The summed E-state index contributed by atoms with van der Waals surface area (Å²) in [6, 6.07) is 3.62. The molecule has 2 atom stereocenters. The molecule has 1 aromatic rings. The fourth-order valence-electron chi connectivity index (χ4n) is 2.01. The first-order valence-corrected chi connectivity index (χ1v) is 7.36. The molecule has 0 radical (unpaired) electrons. The van der Waals surface area contributed by atoms with Crippen LogP contribution in [0, 0.1) is 0 Å². The Hall–Kier alpha value is -0.550. The Morgan fingerprint density at radius 1 is 1.41 bits per heavy atom. The molecule has 1 amide bonds. The zero-order valence-electron chi connectivity index (χ0n) is 9.89. The molecule has 1 aliphatic rings. The van der Waals surface area contributed by atoms with Gasteiger partial charge in [0.05, 0.1) is 0 Å². The van der Waals surface area contributed by atoms with Crippen LogP contribution in [0.1, 0.15) is 24.3 Å². The van der Waals surface area contributed by atoms with Gasteiger partial charge >= 0.3 is 0 Å². The van der Waals surface area contributed by atoms with E-state index in [9.17, 15) is 4.79 Å². The number of carbonyl (C=O) groups is 1. The largest absolute Gasteiger partial charge is 0.335 e. The summed E-state index contributed by atoms with van der Waals surface area (Å²) < 4.78 is 0.894. The summed E-state index contributed by atoms with van der Waals surface area (Å²) in [5, 5.41) is 0.997. The molecule has 2 heterocycles. The predicted octanol–water partition coefficient (Wildman–Crippen LogP) is 2.81. The van der Waals surface area contributed by atoms with Crippen LogP contribution in [0.25, 0.3) is 0 Å². The third kappa shape index (κ3) is 3.22. The van der Waals surface area contributed by atoms with Crippen molar-refractivity contribution in [1.82, 2.24) is 9.88 Å². The number of thioether (sulfide) groups is 1. The topological polar surface area (TPSA) is 33.2 Å². The number of nitrogens with zero attached hydrogens (tertiary/aromatic N) is 2. The van der Waals surface area contributed by atoms with Crippen LogP contribution in [0.2, 0.25) is 0 Å². The normalized spacial score (nSPS) is 24.8. The molecular weight excluding hydrogens is 300 g/mol. The Morgan fingerprint density at radius 3 is 2.59 bits per heavy atom. The van der Waals surface area contributed by atoms with Crippen molar-refractivity contribution in [1.29, 1.82) is 0 Å². The molecule has 0 saturated carbocycles. The van der Waals surface area contributed by atoms with E-state index in [0.717, 1.165) is 17.6 Å². The third-order valence-corrected chi connectivity index (χ3v) is 4.35. The molecule has 2 rings (SSSR count). The zero-order chi connectivity index (χ0) is 12.4. The number of amides is 1. The molecule has 3 nitrogen and oxygen atoms in total. The van der Waals surface area contributed by atoms with Gasteiger partial charge in [-0.3, -0.25) is 4.79 Å². The monoisotopic (exact) mass is 314 g/mol. The molecule has 17 heavy (non-hydrogen) atoms. The second-order valence-electron chi connectivity index (χ2n) is 4.33. The minimum Gasteiger partial charge on any atom is -0.335 e. The predicted molar refractivity (Wildman–Crippen MR) is 74.4 cm³/mol. The lowest BCUT2D eigenvalue weighted by atomic mass is 10.2. The molecule has 0 bridgehead atoms. The lowest BCUT2D eigenvalue weighted by molar-refractivity contribution is 0.0747. The molecule has 92 valence electrons. The van der Waals surface area contributed by atoms with Crippen LogP contribution in [0.5, 0.6) is 0 Å². The Balaban J connectivity index is 2.11. The Kier molecular flexibility index (Phi) is 4.09. The van der Waals surface area contributed by atoms with Crippen LogP contribution < -0.4 is 0 Å². The highest BCUT2D eigenvalue weighted by Gasteiger charge is 2.26. The van der Waals surface area contributed by atoms with Crippen molar-refractivity contribution in [2.45, 2.75) is 24.3 Å². The maximum absolute atomic E-state index is 12.2. The van der Waals surface area contributed by atoms with E-state index in [4.69, 9.17) is 0 Å². The molecule has 0 spiro atoms. The van der Waals surface area contributed by atoms with Crippen LogP contribution in [0.15, 0.2) is 22.8 Å². The number of aromatic nitrogens is 1. The smallest absolute Gasteiger partial charge is 0.272 e. The van der Waals surface area contributed by atoms with Crippen molar-refractivity contribution >= 4 is 33.6 Å². The maximum Gasteiger partial charge on any atom is 0.272 e. The second-order valence-corrected chi connectivity index (χ2v) is 7.13. The van der Waals surface area contributed by atoms with Gasteiger partial charge in [-0.2, -0.15) is 11.8 Å².